The van der Waals surface area contributed by atoms with Crippen molar-refractivity contribution in [3.63, 3.8) is 0 Å². The minimum absolute atomic E-state index is 0.201. The van der Waals surface area contributed by atoms with Gasteiger partial charge >= 0.3 is 11.9 Å². The van der Waals surface area contributed by atoms with E-state index in [4.69, 9.17) is 5.11 Å². The van der Waals surface area contributed by atoms with Gasteiger partial charge in [0.15, 0.2) is 0 Å². The van der Waals surface area contributed by atoms with E-state index in [0.29, 0.717) is 11.4 Å². The molecule has 7 nitrogen and oxygen atoms in total. The smallest absolute Gasteiger partial charge is 0.356 e. The van der Waals surface area contributed by atoms with Gasteiger partial charge in [-0.2, -0.15) is 11.8 Å². The van der Waals surface area contributed by atoms with Crippen LogP contribution in [-0.4, -0.2) is 46.8 Å². The van der Waals surface area contributed by atoms with Gasteiger partial charge in [-0.25, -0.2) is 14.6 Å². The highest BCUT2D eigenvalue weighted by Gasteiger charge is 2.18. The number of nitrogens with zero attached hydrogens (tertiary/aromatic N) is 1. The van der Waals surface area contributed by atoms with Crippen LogP contribution >= 0.6 is 11.8 Å². The monoisotopic (exact) mass is 312 g/mol. The summed E-state index contributed by atoms with van der Waals surface area (Å²) in [6, 6.07) is 4.00. The maximum absolute atomic E-state index is 11.3. The Bertz CT molecular complexity index is 535. The lowest BCUT2D eigenvalue weighted by atomic mass is 10.3. The summed E-state index contributed by atoms with van der Waals surface area (Å²) >= 11 is 1.30. The number of nitrogens with one attached hydrogen (secondary N) is 1. The molecule has 1 amide bonds. The average molecular weight is 312 g/mol. The molecule has 0 bridgehead atoms. The van der Waals surface area contributed by atoms with Crippen LogP contribution in [0.25, 0.3) is 0 Å². The molecule has 0 aliphatic rings. The number of hydrogen-bond acceptors (Lipinski definition) is 6. The molecule has 1 heterocycles. The van der Waals surface area contributed by atoms with Crippen LogP contribution in [-0.2, 0) is 20.1 Å². The molecule has 1 unspecified atom stereocenters. The molecule has 1 aromatic heterocycles. The number of aliphatic carboxylic acids is 1. The van der Waals surface area contributed by atoms with Gasteiger partial charge in [-0.05, 0) is 12.1 Å². The summed E-state index contributed by atoms with van der Waals surface area (Å²) < 4.78 is 4.58. The third-order valence-electron chi connectivity index (χ3n) is 2.41. The number of carboxylic acids is 1. The number of pyridine rings is 1. The first kappa shape index (κ1) is 17.0. The first-order valence-electron chi connectivity index (χ1n) is 6.06. The van der Waals surface area contributed by atoms with Crippen molar-refractivity contribution in [2.75, 3.05) is 12.9 Å². The van der Waals surface area contributed by atoms with E-state index in [1.54, 1.807) is 12.1 Å². The van der Waals surface area contributed by atoms with Crippen molar-refractivity contribution in [2.24, 2.45) is 0 Å². The number of carbonyl (C=O) groups excluding carboxylic acids is 2. The van der Waals surface area contributed by atoms with Gasteiger partial charge in [-0.1, -0.05) is 6.07 Å². The number of thioether (sulfide) groups is 1. The minimum Gasteiger partial charge on any atom is -0.480 e. The van der Waals surface area contributed by atoms with Crippen LogP contribution in [0, 0.1) is 0 Å². The van der Waals surface area contributed by atoms with E-state index >= 15 is 0 Å². The van der Waals surface area contributed by atoms with E-state index < -0.39 is 23.9 Å². The maximum atomic E-state index is 11.3. The van der Waals surface area contributed by atoms with Crippen molar-refractivity contribution in [1.29, 1.82) is 0 Å². The third kappa shape index (κ3) is 5.82. The molecule has 0 saturated heterocycles. The first-order chi connectivity index (χ1) is 9.93. The Morgan fingerprint density at radius 1 is 1.43 bits per heavy atom. The lowest BCUT2D eigenvalue weighted by Gasteiger charge is -2.12. The fourth-order valence-corrected chi connectivity index (χ4v) is 2.43. The molecule has 1 aromatic rings. The van der Waals surface area contributed by atoms with Crippen LogP contribution < -0.4 is 5.32 Å². The molecule has 0 fully saturated rings. The Labute approximate surface area is 126 Å². The van der Waals surface area contributed by atoms with E-state index in [9.17, 15) is 14.4 Å². The molecule has 1 atom stereocenters. The first-order valence-corrected chi connectivity index (χ1v) is 7.21. The summed E-state index contributed by atoms with van der Waals surface area (Å²) in [5.74, 6) is -1.38. The van der Waals surface area contributed by atoms with Gasteiger partial charge in [0.2, 0.25) is 5.91 Å². The quantitative estimate of drug-likeness (QED) is 0.713. The van der Waals surface area contributed by atoms with Gasteiger partial charge in [-0.3, -0.25) is 4.79 Å². The van der Waals surface area contributed by atoms with Crippen molar-refractivity contribution in [3.8, 4) is 0 Å². The number of carboxylic acid groups (broad SMARTS) is 1. The zero-order valence-electron chi connectivity index (χ0n) is 11.7. The Kier molecular flexibility index (Phi) is 6.67. The zero-order chi connectivity index (χ0) is 15.8. The number of esters is 1. The van der Waals surface area contributed by atoms with Crippen LogP contribution in [0.4, 0.5) is 0 Å². The van der Waals surface area contributed by atoms with E-state index in [0.717, 1.165) is 0 Å². The fourth-order valence-electron chi connectivity index (χ4n) is 1.48. The van der Waals surface area contributed by atoms with E-state index in [2.05, 4.69) is 15.0 Å². The van der Waals surface area contributed by atoms with Crippen molar-refractivity contribution in [2.45, 2.75) is 18.7 Å². The van der Waals surface area contributed by atoms with Gasteiger partial charge < -0.3 is 15.2 Å². The lowest BCUT2D eigenvalue weighted by molar-refractivity contribution is -0.140. The number of amides is 1. The molecule has 0 aliphatic heterocycles. The number of ether oxygens (including phenoxy) is 1. The van der Waals surface area contributed by atoms with Crippen LogP contribution in [0.3, 0.4) is 0 Å². The molecule has 0 saturated carbocycles. The average Bonchev–Trinajstić information content (AvgIpc) is 2.45. The number of carbonyl (C=O) groups is 3. The highest BCUT2D eigenvalue weighted by Crippen LogP contribution is 2.12. The minimum atomic E-state index is -1.09. The molecule has 0 radical (unpaired) electrons. The molecule has 21 heavy (non-hydrogen) atoms. The van der Waals surface area contributed by atoms with E-state index in [1.165, 1.54) is 31.9 Å². The van der Waals surface area contributed by atoms with E-state index in [1.807, 2.05) is 0 Å². The lowest BCUT2D eigenvalue weighted by Crippen LogP contribution is -2.41. The Morgan fingerprint density at radius 3 is 2.71 bits per heavy atom. The SMILES string of the molecule is COC(=O)c1cccc(CSCC(NC(C)=O)C(=O)O)n1. The van der Waals surface area contributed by atoms with Crippen molar-refractivity contribution >= 4 is 29.6 Å². The molecule has 2 N–H and O–H groups in total. The molecule has 0 spiro atoms. The number of rotatable bonds is 7. The van der Waals surface area contributed by atoms with E-state index in [-0.39, 0.29) is 11.4 Å². The van der Waals surface area contributed by atoms with Crippen LogP contribution in [0.2, 0.25) is 0 Å². The molecule has 8 heteroatoms. The highest BCUT2D eigenvalue weighted by molar-refractivity contribution is 7.98. The summed E-state index contributed by atoms with van der Waals surface area (Å²) in [5, 5.41) is 11.3. The molecular formula is C13H16N2O5S. The van der Waals surface area contributed by atoms with Gasteiger partial charge in [0.25, 0.3) is 0 Å². The molecular weight excluding hydrogens is 296 g/mol. The summed E-state index contributed by atoms with van der Waals surface area (Å²) in [6.45, 7) is 1.27. The Morgan fingerprint density at radius 2 is 2.14 bits per heavy atom. The molecule has 0 aliphatic carbocycles. The van der Waals surface area contributed by atoms with Crippen LogP contribution in [0.1, 0.15) is 23.1 Å². The predicted molar refractivity (Wildman–Crippen MR) is 77.0 cm³/mol. The zero-order valence-corrected chi connectivity index (χ0v) is 12.5. The van der Waals surface area contributed by atoms with Gasteiger partial charge in [0.05, 0.1) is 12.8 Å². The Balaban J connectivity index is 2.56. The fraction of sp³-hybridized carbons (Fsp3) is 0.385. The Hall–Kier alpha value is -2.09. The third-order valence-corrected chi connectivity index (χ3v) is 3.48. The highest BCUT2D eigenvalue weighted by atomic mass is 32.2. The molecule has 1 rings (SSSR count). The summed E-state index contributed by atoms with van der Waals surface area (Å²) in [7, 11) is 1.27. The summed E-state index contributed by atoms with van der Waals surface area (Å²) in [6.07, 6.45) is 0. The summed E-state index contributed by atoms with van der Waals surface area (Å²) in [5.41, 5.74) is 0.835. The topological polar surface area (TPSA) is 106 Å². The van der Waals surface area contributed by atoms with Gasteiger partial charge in [0.1, 0.15) is 11.7 Å². The number of methoxy groups -OCH3 is 1. The van der Waals surface area contributed by atoms with Crippen molar-refractivity contribution in [3.05, 3.63) is 29.6 Å². The summed E-state index contributed by atoms with van der Waals surface area (Å²) in [4.78, 5) is 37.3. The molecule has 114 valence electrons. The number of hydrogen-bond donors (Lipinski definition) is 2. The van der Waals surface area contributed by atoms with Crippen LogP contribution in [0.15, 0.2) is 18.2 Å². The standard InChI is InChI=1S/C13H16N2O5S/c1-8(16)14-11(12(17)18)7-21-6-9-4-3-5-10(15-9)13(19)20-2/h3-5,11H,6-7H2,1-2H3,(H,14,16)(H,17,18). The van der Waals surface area contributed by atoms with Gasteiger partial charge in [0, 0.05) is 18.4 Å². The predicted octanol–water partition coefficient (Wildman–Crippen LogP) is 0.691. The van der Waals surface area contributed by atoms with Crippen molar-refractivity contribution in [1.82, 2.24) is 10.3 Å². The van der Waals surface area contributed by atoms with Gasteiger partial charge in [-0.15, -0.1) is 0 Å². The molecule has 0 aromatic carbocycles. The number of aromatic nitrogens is 1. The van der Waals surface area contributed by atoms with Crippen molar-refractivity contribution < 1.29 is 24.2 Å². The largest absolute Gasteiger partial charge is 0.480 e. The van der Waals surface area contributed by atoms with Crippen LogP contribution in [0.5, 0.6) is 0 Å². The maximum Gasteiger partial charge on any atom is 0.356 e. The second-order valence-electron chi connectivity index (χ2n) is 4.11. The normalized spacial score (nSPS) is 11.5. The second-order valence-corrected chi connectivity index (χ2v) is 5.14. The second kappa shape index (κ2) is 8.25.